The summed E-state index contributed by atoms with van der Waals surface area (Å²) in [6, 6.07) is 68.6. The Labute approximate surface area is 343 Å². The van der Waals surface area contributed by atoms with E-state index in [1.165, 1.54) is 32.3 Å². The van der Waals surface area contributed by atoms with E-state index < -0.39 is 0 Å². The van der Waals surface area contributed by atoms with Gasteiger partial charge in [-0.2, -0.15) is 0 Å². The van der Waals surface area contributed by atoms with Gasteiger partial charge in [-0.3, -0.25) is 0 Å². The number of rotatable bonds is 4. The van der Waals surface area contributed by atoms with E-state index in [-0.39, 0.29) is 0 Å². The predicted octanol–water partition coefficient (Wildman–Crippen LogP) is 14.5. The lowest BCUT2D eigenvalue weighted by Gasteiger charge is -2.13. The van der Waals surface area contributed by atoms with Crippen LogP contribution in [0.25, 0.3) is 127 Å². The summed E-state index contributed by atoms with van der Waals surface area (Å²) in [7, 11) is 0. The average Bonchev–Trinajstić information content (AvgIpc) is 3.84. The second-order valence-electron chi connectivity index (χ2n) is 15.6. The number of aromatic nitrogens is 4. The molecule has 0 atom stereocenters. The normalized spacial score (nSPS) is 12.0. The molecule has 10 aromatic carbocycles. The van der Waals surface area contributed by atoms with E-state index in [0.29, 0.717) is 17.5 Å². The molecular weight excluding hydrogens is 733 g/mol. The Balaban J connectivity index is 1.12. The van der Waals surface area contributed by atoms with Crippen LogP contribution in [0.2, 0.25) is 0 Å². The van der Waals surface area contributed by atoms with Crippen molar-refractivity contribution in [3.63, 3.8) is 0 Å². The Morgan fingerprint density at radius 2 is 0.883 bits per heavy atom. The van der Waals surface area contributed by atoms with Gasteiger partial charge in [-0.05, 0) is 91.6 Å². The fourth-order valence-corrected chi connectivity index (χ4v) is 9.32. The first-order chi connectivity index (χ1) is 29.7. The van der Waals surface area contributed by atoms with E-state index in [2.05, 4.69) is 187 Å². The molecule has 278 valence electrons. The lowest BCUT2D eigenvalue weighted by molar-refractivity contribution is 0.666. The summed E-state index contributed by atoms with van der Waals surface area (Å²) >= 11 is 0. The Hall–Kier alpha value is -8.15. The first kappa shape index (κ1) is 32.9. The van der Waals surface area contributed by atoms with Crippen molar-refractivity contribution in [1.82, 2.24) is 19.5 Å². The molecule has 3 aromatic heterocycles. The Kier molecular flexibility index (Phi) is 6.95. The molecular formula is C55H32N4O. The van der Waals surface area contributed by atoms with Crippen molar-refractivity contribution in [3.05, 3.63) is 194 Å². The second-order valence-corrected chi connectivity index (χ2v) is 15.6. The van der Waals surface area contributed by atoms with Gasteiger partial charge in [0, 0.05) is 38.2 Å². The van der Waals surface area contributed by atoms with Crippen molar-refractivity contribution < 1.29 is 4.42 Å². The first-order valence-electron chi connectivity index (χ1n) is 20.3. The second kappa shape index (κ2) is 12.7. The third-order valence-corrected chi connectivity index (χ3v) is 12.2. The van der Waals surface area contributed by atoms with Gasteiger partial charge in [0.05, 0.1) is 16.7 Å². The summed E-state index contributed by atoms with van der Waals surface area (Å²) < 4.78 is 9.37. The van der Waals surface area contributed by atoms with Crippen LogP contribution in [0.15, 0.2) is 199 Å². The summed E-state index contributed by atoms with van der Waals surface area (Å²) in [4.78, 5) is 15.9. The van der Waals surface area contributed by atoms with Crippen LogP contribution in [0, 0.1) is 0 Å². The molecule has 0 saturated heterocycles. The maximum Gasteiger partial charge on any atom is 0.164 e. The molecule has 0 aliphatic rings. The van der Waals surface area contributed by atoms with Gasteiger partial charge in [0.1, 0.15) is 5.58 Å². The molecule has 0 amide bonds. The average molecular weight is 765 g/mol. The smallest absolute Gasteiger partial charge is 0.164 e. The van der Waals surface area contributed by atoms with Gasteiger partial charge in [0.25, 0.3) is 0 Å². The van der Waals surface area contributed by atoms with Gasteiger partial charge in [-0.25, -0.2) is 15.0 Å². The number of nitrogens with zero attached hydrogens (tertiary/aromatic N) is 4. The summed E-state index contributed by atoms with van der Waals surface area (Å²) in [5.74, 6) is 1.81. The lowest BCUT2D eigenvalue weighted by Crippen LogP contribution is -2.02. The molecule has 0 radical (unpaired) electrons. The minimum Gasteiger partial charge on any atom is -0.454 e. The number of hydrogen-bond donors (Lipinski definition) is 0. The van der Waals surface area contributed by atoms with Gasteiger partial charge in [0.15, 0.2) is 23.1 Å². The molecule has 0 unspecified atom stereocenters. The molecule has 0 fully saturated rings. The molecule has 60 heavy (non-hydrogen) atoms. The standard InChI is InChI=1S/C55H32N4O/c1-2-14-35-28-40(25-24-33(35)12-1)53-56-54(42-22-11-19-34-13-7-8-20-41(34)42)58-55(57-53)44-26-27-47(52-51(44)43-21-9-10-23-50(43)60-52)59-48-31-38-17-5-3-15-36(38)29-45(48)46-30-37-16-4-6-18-39(37)32-49(46)59/h1-32H. The zero-order valence-corrected chi connectivity index (χ0v) is 32.2. The largest absolute Gasteiger partial charge is 0.454 e. The van der Waals surface area contributed by atoms with Gasteiger partial charge in [0.2, 0.25) is 0 Å². The highest BCUT2D eigenvalue weighted by molar-refractivity contribution is 6.19. The molecule has 3 heterocycles. The van der Waals surface area contributed by atoms with Gasteiger partial charge < -0.3 is 8.98 Å². The van der Waals surface area contributed by atoms with E-state index in [1.807, 2.05) is 12.1 Å². The van der Waals surface area contributed by atoms with Crippen LogP contribution in [-0.2, 0) is 0 Å². The van der Waals surface area contributed by atoms with Gasteiger partial charge in [-0.15, -0.1) is 0 Å². The van der Waals surface area contributed by atoms with E-state index in [1.54, 1.807) is 0 Å². The third-order valence-electron chi connectivity index (χ3n) is 12.2. The van der Waals surface area contributed by atoms with E-state index in [0.717, 1.165) is 76.9 Å². The minimum absolute atomic E-state index is 0.582. The first-order valence-corrected chi connectivity index (χ1v) is 20.3. The fraction of sp³-hybridized carbons (Fsp3) is 0. The van der Waals surface area contributed by atoms with Crippen LogP contribution in [-0.4, -0.2) is 19.5 Å². The van der Waals surface area contributed by atoms with E-state index in [9.17, 15) is 0 Å². The van der Waals surface area contributed by atoms with Crippen molar-refractivity contribution in [3.8, 4) is 39.9 Å². The Bertz CT molecular complexity index is 3820. The Morgan fingerprint density at radius 3 is 1.58 bits per heavy atom. The monoisotopic (exact) mass is 764 g/mol. The topological polar surface area (TPSA) is 56.7 Å². The van der Waals surface area contributed by atoms with Crippen LogP contribution in [0.1, 0.15) is 0 Å². The van der Waals surface area contributed by atoms with Crippen LogP contribution < -0.4 is 0 Å². The highest BCUT2D eigenvalue weighted by Gasteiger charge is 2.24. The molecule has 0 aliphatic heterocycles. The van der Waals surface area contributed by atoms with Crippen molar-refractivity contribution in [2.24, 2.45) is 0 Å². The summed E-state index contributed by atoms with van der Waals surface area (Å²) in [6.45, 7) is 0. The molecule has 13 aromatic rings. The number of hydrogen-bond acceptors (Lipinski definition) is 4. The highest BCUT2D eigenvalue weighted by Crippen LogP contribution is 2.44. The fourth-order valence-electron chi connectivity index (χ4n) is 9.32. The predicted molar refractivity (Wildman–Crippen MR) is 248 cm³/mol. The maximum absolute atomic E-state index is 6.99. The molecule has 5 nitrogen and oxygen atoms in total. The van der Waals surface area contributed by atoms with Crippen LogP contribution in [0.3, 0.4) is 0 Å². The van der Waals surface area contributed by atoms with Crippen molar-refractivity contribution in [1.29, 1.82) is 0 Å². The van der Waals surface area contributed by atoms with Crippen molar-refractivity contribution in [2.75, 3.05) is 0 Å². The highest BCUT2D eigenvalue weighted by atomic mass is 16.3. The molecule has 0 N–H and O–H groups in total. The van der Waals surface area contributed by atoms with Crippen LogP contribution >= 0.6 is 0 Å². The molecule has 0 spiro atoms. The summed E-state index contributed by atoms with van der Waals surface area (Å²) in [5, 5.41) is 13.6. The summed E-state index contributed by atoms with van der Waals surface area (Å²) in [5.41, 5.74) is 7.51. The van der Waals surface area contributed by atoms with Crippen molar-refractivity contribution >= 4 is 86.8 Å². The van der Waals surface area contributed by atoms with Gasteiger partial charge >= 0.3 is 0 Å². The zero-order valence-electron chi connectivity index (χ0n) is 32.2. The van der Waals surface area contributed by atoms with Gasteiger partial charge in [-0.1, -0.05) is 146 Å². The van der Waals surface area contributed by atoms with E-state index in [4.69, 9.17) is 19.4 Å². The molecule has 5 heteroatoms. The zero-order chi connectivity index (χ0) is 39.3. The molecule has 0 bridgehead atoms. The minimum atomic E-state index is 0.582. The number of para-hydroxylation sites is 1. The number of benzene rings is 10. The molecule has 0 saturated carbocycles. The number of fused-ring (bicyclic) bond motifs is 10. The van der Waals surface area contributed by atoms with Crippen molar-refractivity contribution in [2.45, 2.75) is 0 Å². The lowest BCUT2D eigenvalue weighted by atomic mass is 10.0. The van der Waals surface area contributed by atoms with Crippen LogP contribution in [0.4, 0.5) is 0 Å². The third kappa shape index (κ3) is 4.96. The SMILES string of the molecule is c1ccc2cc(-c3nc(-c4cccc5ccccc45)nc(-c4ccc(-n5c6cc7ccccc7cc6c6cc7ccccc7cc65)c5oc6ccccc6c45)n3)ccc2c1. The Morgan fingerprint density at radius 1 is 0.350 bits per heavy atom. The van der Waals surface area contributed by atoms with Crippen LogP contribution in [0.5, 0.6) is 0 Å². The number of furan rings is 1. The van der Waals surface area contributed by atoms with E-state index >= 15 is 0 Å². The maximum atomic E-state index is 6.99. The molecule has 13 rings (SSSR count). The molecule has 0 aliphatic carbocycles. The quantitative estimate of drug-likeness (QED) is 0.179. The summed E-state index contributed by atoms with van der Waals surface area (Å²) in [6.07, 6.45) is 0.